The Morgan fingerprint density at radius 3 is 2.15 bits per heavy atom. The number of nitrogens with two attached hydrogens (primary N) is 1. The van der Waals surface area contributed by atoms with Crippen molar-refractivity contribution in [2.45, 2.75) is 24.6 Å². The Bertz CT molecular complexity index is 314. The minimum atomic E-state index is -4.11. The number of rotatable bonds is 6. The summed E-state index contributed by atoms with van der Waals surface area (Å²) in [6.07, 6.45) is -1.83. The molecule has 1 heterocycles. The van der Waals surface area contributed by atoms with E-state index in [1.807, 2.05) is 0 Å². The van der Waals surface area contributed by atoms with Gasteiger partial charge in [0.05, 0.1) is 18.7 Å². The molecule has 0 spiro atoms. The van der Waals surface area contributed by atoms with Crippen LogP contribution >= 0.6 is 0 Å². The van der Waals surface area contributed by atoms with Gasteiger partial charge in [0.1, 0.15) is 0 Å². The maximum absolute atomic E-state index is 12.4. The van der Waals surface area contributed by atoms with Crippen molar-refractivity contribution in [2.24, 2.45) is 11.7 Å². The van der Waals surface area contributed by atoms with E-state index in [2.05, 4.69) is 4.90 Å². The van der Waals surface area contributed by atoms with Crippen molar-refractivity contribution in [3.63, 3.8) is 0 Å². The molecule has 2 fully saturated rings. The van der Waals surface area contributed by atoms with Crippen molar-refractivity contribution >= 4 is 0 Å². The van der Waals surface area contributed by atoms with E-state index < -0.39 is 12.7 Å². The fourth-order valence-corrected chi connectivity index (χ4v) is 3.30. The zero-order valence-electron chi connectivity index (χ0n) is 12.0. The molecule has 0 aromatic heterocycles. The third-order valence-electron chi connectivity index (χ3n) is 4.49. The van der Waals surface area contributed by atoms with Gasteiger partial charge in [-0.2, -0.15) is 13.2 Å². The molecular formula is C13H24F3N3O. The van der Waals surface area contributed by atoms with Crippen LogP contribution in [0.25, 0.3) is 0 Å². The van der Waals surface area contributed by atoms with Gasteiger partial charge >= 0.3 is 6.18 Å². The Morgan fingerprint density at radius 2 is 1.75 bits per heavy atom. The van der Waals surface area contributed by atoms with Gasteiger partial charge in [-0.05, 0) is 18.8 Å². The van der Waals surface area contributed by atoms with E-state index in [1.54, 1.807) is 7.11 Å². The molecule has 1 atom stereocenters. The Morgan fingerprint density at radius 1 is 1.15 bits per heavy atom. The van der Waals surface area contributed by atoms with E-state index in [0.717, 1.165) is 12.8 Å². The Hall–Kier alpha value is -0.370. The first kappa shape index (κ1) is 16.0. The van der Waals surface area contributed by atoms with E-state index in [-0.39, 0.29) is 5.54 Å². The molecule has 1 saturated carbocycles. The molecule has 7 heteroatoms. The van der Waals surface area contributed by atoms with Gasteiger partial charge in [-0.3, -0.25) is 9.80 Å². The van der Waals surface area contributed by atoms with Crippen molar-refractivity contribution in [1.29, 1.82) is 0 Å². The third kappa shape index (κ3) is 3.63. The average Bonchev–Trinajstić information content (AvgIpc) is 3.20. The first-order chi connectivity index (χ1) is 9.41. The largest absolute Gasteiger partial charge is 0.401 e. The number of nitrogens with zero attached hydrogens (tertiary/aromatic N) is 2. The number of ether oxygens (including phenoxy) is 1. The van der Waals surface area contributed by atoms with Crippen molar-refractivity contribution in [1.82, 2.24) is 9.80 Å². The third-order valence-corrected chi connectivity index (χ3v) is 4.49. The molecule has 2 N–H and O–H groups in total. The predicted molar refractivity (Wildman–Crippen MR) is 70.5 cm³/mol. The van der Waals surface area contributed by atoms with Crippen LogP contribution in [0.4, 0.5) is 13.2 Å². The van der Waals surface area contributed by atoms with Crippen molar-refractivity contribution < 1.29 is 17.9 Å². The number of hydrogen-bond acceptors (Lipinski definition) is 4. The number of halogens is 3. The second-order valence-corrected chi connectivity index (χ2v) is 5.89. The summed E-state index contributed by atoms with van der Waals surface area (Å²) in [5, 5.41) is 0. The molecule has 0 amide bonds. The van der Waals surface area contributed by atoms with Gasteiger partial charge in [0.15, 0.2) is 0 Å². The molecule has 0 radical (unpaired) electrons. The van der Waals surface area contributed by atoms with Gasteiger partial charge in [0, 0.05) is 39.8 Å². The SMILES string of the molecule is COCC(CN)(C1CC1)N1CCN(CC(F)(F)F)CC1. The molecular weight excluding hydrogens is 271 g/mol. The molecule has 1 aliphatic carbocycles. The summed E-state index contributed by atoms with van der Waals surface area (Å²) in [4.78, 5) is 3.72. The fraction of sp³-hybridized carbons (Fsp3) is 1.00. The summed E-state index contributed by atoms with van der Waals surface area (Å²) in [6, 6.07) is 0. The van der Waals surface area contributed by atoms with Crippen LogP contribution in [-0.2, 0) is 4.74 Å². The van der Waals surface area contributed by atoms with Crippen molar-refractivity contribution in [3.05, 3.63) is 0 Å². The van der Waals surface area contributed by atoms with Gasteiger partial charge in [-0.25, -0.2) is 0 Å². The molecule has 0 aromatic carbocycles. The van der Waals surface area contributed by atoms with Gasteiger partial charge < -0.3 is 10.5 Å². The maximum Gasteiger partial charge on any atom is 0.401 e. The second kappa shape index (κ2) is 6.17. The lowest BCUT2D eigenvalue weighted by molar-refractivity contribution is -0.152. The predicted octanol–water partition coefficient (Wildman–Crippen LogP) is 0.920. The summed E-state index contributed by atoms with van der Waals surface area (Å²) in [5.74, 6) is 0.529. The van der Waals surface area contributed by atoms with Gasteiger partial charge in [-0.15, -0.1) is 0 Å². The highest BCUT2D eigenvalue weighted by molar-refractivity contribution is 5.04. The average molecular weight is 295 g/mol. The zero-order chi connectivity index (χ0) is 14.8. The van der Waals surface area contributed by atoms with Crippen LogP contribution in [0.15, 0.2) is 0 Å². The number of piperazine rings is 1. The van der Waals surface area contributed by atoms with Crippen LogP contribution < -0.4 is 5.73 Å². The van der Waals surface area contributed by atoms with Crippen molar-refractivity contribution in [3.8, 4) is 0 Å². The summed E-state index contributed by atoms with van der Waals surface area (Å²) < 4.78 is 42.5. The lowest BCUT2D eigenvalue weighted by atomic mass is 9.91. The molecule has 118 valence electrons. The highest BCUT2D eigenvalue weighted by Gasteiger charge is 2.49. The molecule has 1 unspecified atom stereocenters. The minimum Gasteiger partial charge on any atom is -0.383 e. The van der Waals surface area contributed by atoms with Crippen LogP contribution in [0.2, 0.25) is 0 Å². The van der Waals surface area contributed by atoms with Gasteiger partial charge in [0.25, 0.3) is 0 Å². The smallest absolute Gasteiger partial charge is 0.383 e. The maximum atomic E-state index is 12.4. The highest BCUT2D eigenvalue weighted by atomic mass is 19.4. The summed E-state index contributed by atoms with van der Waals surface area (Å²) in [6.45, 7) is 2.40. The lowest BCUT2D eigenvalue weighted by Gasteiger charge is -2.47. The molecule has 1 saturated heterocycles. The Balaban J connectivity index is 1.94. The molecule has 2 rings (SSSR count). The summed E-state index contributed by atoms with van der Waals surface area (Å²) >= 11 is 0. The monoisotopic (exact) mass is 295 g/mol. The van der Waals surface area contributed by atoms with Crippen LogP contribution in [0.1, 0.15) is 12.8 Å². The van der Waals surface area contributed by atoms with Gasteiger partial charge in [-0.1, -0.05) is 0 Å². The summed E-state index contributed by atoms with van der Waals surface area (Å²) in [5.41, 5.74) is 5.81. The standard InChI is InChI=1S/C13H24F3N3O/c1-20-10-12(8-17,11-2-3-11)19-6-4-18(5-7-19)9-13(14,15)16/h11H,2-10,17H2,1H3. The van der Waals surface area contributed by atoms with E-state index in [9.17, 15) is 13.2 Å². The van der Waals surface area contributed by atoms with Crippen LogP contribution in [0.5, 0.6) is 0 Å². The topological polar surface area (TPSA) is 41.7 Å². The lowest BCUT2D eigenvalue weighted by Crippen LogP contribution is -2.64. The molecule has 1 aliphatic heterocycles. The van der Waals surface area contributed by atoms with Gasteiger partial charge in [0.2, 0.25) is 0 Å². The fourth-order valence-electron chi connectivity index (χ4n) is 3.30. The number of methoxy groups -OCH3 is 1. The molecule has 4 nitrogen and oxygen atoms in total. The quantitative estimate of drug-likeness (QED) is 0.791. The summed E-state index contributed by atoms with van der Waals surface area (Å²) in [7, 11) is 1.66. The Kier molecular flexibility index (Phi) is 4.94. The van der Waals surface area contributed by atoms with E-state index in [4.69, 9.17) is 10.5 Å². The number of alkyl halides is 3. The first-order valence-electron chi connectivity index (χ1n) is 7.14. The Labute approximate surface area is 118 Å². The van der Waals surface area contributed by atoms with Crippen LogP contribution in [-0.4, -0.2) is 74.5 Å². The number of hydrogen-bond donors (Lipinski definition) is 1. The molecule has 20 heavy (non-hydrogen) atoms. The minimum absolute atomic E-state index is 0.181. The highest BCUT2D eigenvalue weighted by Crippen LogP contribution is 2.43. The second-order valence-electron chi connectivity index (χ2n) is 5.89. The van der Waals surface area contributed by atoms with E-state index in [0.29, 0.717) is 45.2 Å². The van der Waals surface area contributed by atoms with Crippen molar-refractivity contribution in [2.75, 3.05) is 53.0 Å². The molecule has 2 aliphatic rings. The van der Waals surface area contributed by atoms with Crippen LogP contribution in [0, 0.1) is 5.92 Å². The molecule has 0 bridgehead atoms. The molecule has 0 aromatic rings. The van der Waals surface area contributed by atoms with E-state index >= 15 is 0 Å². The van der Waals surface area contributed by atoms with Crippen LogP contribution in [0.3, 0.4) is 0 Å². The first-order valence-corrected chi connectivity index (χ1v) is 7.14. The zero-order valence-corrected chi connectivity index (χ0v) is 12.0. The van der Waals surface area contributed by atoms with E-state index in [1.165, 1.54) is 4.90 Å². The normalized spacial score (nSPS) is 25.6.